The van der Waals surface area contributed by atoms with Crippen LogP contribution in [0.5, 0.6) is 0 Å². The van der Waals surface area contributed by atoms with Gasteiger partial charge in [-0.1, -0.05) is 36.4 Å². The van der Waals surface area contributed by atoms with Crippen molar-refractivity contribution in [2.45, 2.75) is 19.6 Å². The average Bonchev–Trinajstić information content (AvgIpc) is 3.07. The van der Waals surface area contributed by atoms with Crippen molar-refractivity contribution in [3.05, 3.63) is 109 Å². The molecule has 0 atom stereocenters. The Bertz CT molecular complexity index is 2800. The molecule has 0 spiro atoms. The van der Waals surface area contributed by atoms with E-state index in [0.29, 0.717) is 44.3 Å². The molecule has 280 valence electrons. The van der Waals surface area contributed by atoms with Crippen LogP contribution in [0, 0.1) is 0 Å². The van der Waals surface area contributed by atoms with E-state index in [9.17, 15) is 38.2 Å². The van der Waals surface area contributed by atoms with Gasteiger partial charge in [-0.2, -0.15) is 33.7 Å². The third-order valence-electron chi connectivity index (χ3n) is 7.28. The lowest BCUT2D eigenvalue weighted by atomic mass is 10.1. The molecule has 0 bridgehead atoms. The van der Waals surface area contributed by atoms with Gasteiger partial charge in [0, 0.05) is 50.0 Å². The second kappa shape index (κ2) is 15.2. The second-order valence-corrected chi connectivity index (χ2v) is 16.5. The van der Waals surface area contributed by atoms with E-state index >= 15 is 0 Å². The van der Waals surface area contributed by atoms with Crippen molar-refractivity contribution in [1.82, 2.24) is 0 Å². The molecule has 6 aromatic carbocycles. The number of nitrogens with one attached hydrogen (secondary N) is 1. The van der Waals surface area contributed by atoms with E-state index < -0.39 is 56.0 Å². The Balaban J connectivity index is 0.000000182. The number of para-hydroxylation sites is 1. The van der Waals surface area contributed by atoms with Gasteiger partial charge in [-0.25, -0.2) is 0 Å². The van der Waals surface area contributed by atoms with Crippen molar-refractivity contribution in [1.29, 1.82) is 0 Å². The summed E-state index contributed by atoms with van der Waals surface area (Å²) in [6.45, 7) is 0. The lowest BCUT2D eigenvalue weighted by molar-refractivity contribution is 0.479. The van der Waals surface area contributed by atoms with Gasteiger partial charge in [0.15, 0.2) is 0 Å². The van der Waals surface area contributed by atoms with Crippen LogP contribution in [0.15, 0.2) is 129 Å². The van der Waals surface area contributed by atoms with Gasteiger partial charge in [-0.05, 0) is 72.8 Å². The van der Waals surface area contributed by atoms with Crippen LogP contribution in [-0.2, 0) is 40.5 Å². The van der Waals surface area contributed by atoms with Crippen molar-refractivity contribution in [2.24, 2.45) is 0 Å². The molecule has 0 aliphatic carbocycles. The third kappa shape index (κ3) is 9.88. The summed E-state index contributed by atoms with van der Waals surface area (Å²) in [6, 6.07) is 27.0. The van der Waals surface area contributed by atoms with Gasteiger partial charge in [-0.15, -0.1) is 0 Å². The Morgan fingerprint density at radius 1 is 0.415 bits per heavy atom. The van der Waals surface area contributed by atoms with E-state index in [1.54, 1.807) is 36.4 Å². The quantitative estimate of drug-likeness (QED) is 0.0830. The summed E-state index contributed by atoms with van der Waals surface area (Å²) in [5.74, 6) is 0. The lowest BCUT2D eigenvalue weighted by Crippen LogP contribution is -2.05. The van der Waals surface area contributed by atoms with Crippen LogP contribution in [0.3, 0.4) is 0 Å². The number of nitrogens with two attached hydrogens (primary N) is 4. The molecule has 6 aromatic rings. The molecule has 0 fully saturated rings. The molecule has 6 rings (SSSR count). The van der Waals surface area contributed by atoms with Gasteiger partial charge in [0.1, 0.15) is 9.79 Å². The van der Waals surface area contributed by atoms with E-state index in [0.717, 1.165) is 23.9 Å². The number of anilines is 6. The van der Waals surface area contributed by atoms with Crippen LogP contribution < -0.4 is 28.3 Å². The topological polar surface area (TPSA) is 334 Å². The maximum absolute atomic E-state index is 11.6. The molecular weight excluding hydrogens is 775 g/mol. The Morgan fingerprint density at radius 3 is 1.47 bits per heavy atom. The summed E-state index contributed by atoms with van der Waals surface area (Å²) in [5, 5.41) is 5.26. The highest BCUT2D eigenvalue weighted by Gasteiger charge is 2.19. The van der Waals surface area contributed by atoms with Crippen molar-refractivity contribution in [3.8, 4) is 0 Å². The third-order valence-corrected chi connectivity index (χ3v) is 10.8. The smallest absolute Gasteiger partial charge is 0.296 e. The van der Waals surface area contributed by atoms with Crippen LogP contribution in [0.4, 0.5) is 34.1 Å². The molecule has 0 heterocycles. The summed E-state index contributed by atoms with van der Waals surface area (Å²) in [6.07, 6.45) is 0. The first kappa shape index (κ1) is 40.3. The number of benzene rings is 6. The number of rotatable bonds is 6. The zero-order valence-electron chi connectivity index (χ0n) is 26.9. The summed E-state index contributed by atoms with van der Waals surface area (Å²) in [5.41, 5.74) is 24.8. The van der Waals surface area contributed by atoms with E-state index in [-0.39, 0.29) is 9.79 Å². The highest BCUT2D eigenvalue weighted by Crippen LogP contribution is 2.35. The maximum Gasteiger partial charge on any atom is 0.296 e. The van der Waals surface area contributed by atoms with Gasteiger partial charge >= 0.3 is 0 Å². The Labute approximate surface area is 303 Å². The number of hydrogen-bond acceptors (Lipinski definition) is 13. The largest absolute Gasteiger partial charge is 0.398 e. The summed E-state index contributed by atoms with van der Waals surface area (Å²) >= 11 is 0. The molecule has 53 heavy (non-hydrogen) atoms. The summed E-state index contributed by atoms with van der Waals surface area (Å²) in [7, 11) is -17.5. The van der Waals surface area contributed by atoms with E-state index in [1.165, 1.54) is 24.3 Å². The fraction of sp³-hybridized carbons (Fsp3) is 0. The minimum absolute atomic E-state index is 0.171. The van der Waals surface area contributed by atoms with Crippen LogP contribution >= 0.6 is 0 Å². The zero-order valence-corrected chi connectivity index (χ0v) is 30.2. The molecule has 0 saturated carbocycles. The molecule has 0 aromatic heterocycles. The molecule has 21 heteroatoms. The van der Waals surface area contributed by atoms with Gasteiger partial charge in [-0.3, -0.25) is 18.2 Å². The fourth-order valence-electron chi connectivity index (χ4n) is 4.85. The van der Waals surface area contributed by atoms with E-state index in [4.69, 9.17) is 36.6 Å². The highest BCUT2D eigenvalue weighted by atomic mass is 32.2. The first-order valence-electron chi connectivity index (χ1n) is 14.5. The molecule has 0 aliphatic heterocycles. The molecule has 13 N–H and O–H groups in total. The highest BCUT2D eigenvalue weighted by molar-refractivity contribution is 7.86. The fourth-order valence-corrected chi connectivity index (χ4v) is 7.20. The van der Waals surface area contributed by atoms with Crippen molar-refractivity contribution in [2.75, 3.05) is 28.3 Å². The number of fused-ring (bicyclic) bond motifs is 2. The maximum atomic E-state index is 11.6. The molecule has 0 aliphatic rings. The normalized spacial score (nSPS) is 11.9. The molecule has 0 unspecified atom stereocenters. The minimum atomic E-state index is -4.50. The van der Waals surface area contributed by atoms with Crippen LogP contribution in [0.2, 0.25) is 0 Å². The first-order valence-corrected chi connectivity index (χ1v) is 20.2. The van der Waals surface area contributed by atoms with Crippen LogP contribution in [0.1, 0.15) is 0 Å². The van der Waals surface area contributed by atoms with Gasteiger partial charge in [0.2, 0.25) is 0 Å². The van der Waals surface area contributed by atoms with Gasteiger partial charge < -0.3 is 28.3 Å². The molecule has 0 saturated heterocycles. The van der Waals surface area contributed by atoms with Crippen molar-refractivity contribution >= 4 is 96.1 Å². The van der Waals surface area contributed by atoms with E-state index in [2.05, 4.69) is 5.32 Å². The molecule has 0 radical (unpaired) electrons. The van der Waals surface area contributed by atoms with E-state index in [1.807, 2.05) is 30.3 Å². The SMILES string of the molecule is Nc1cc(S(=O)(=O)O)ccc1S(=O)(=O)O.Nc1ccc(N)c2cc(S(=O)(=O)O)ccc12.Nc1ccc(Nc2ccccc2)c2c(S(=O)(=O)O)cccc12. The molecule has 17 nitrogen and oxygen atoms in total. The monoisotopic (exact) mass is 805 g/mol. The van der Waals surface area contributed by atoms with Gasteiger partial charge in [0.25, 0.3) is 40.5 Å². The standard InChI is InChI=1S/C16H14N2O3S.C10H10N2O3S.C6H7NO6S2/c17-13-9-10-14(18-11-5-2-1-3-6-11)16-12(13)7-4-8-15(16)22(19,20)21;11-9-3-4-10(12)8-5-6(16(13,14)15)1-2-7(8)9;7-5-3-4(14(8,9)10)1-2-6(5)15(11,12)13/h1-10,18H,17H2,(H,19,20,21);1-5H,11-12H2,(H,13,14,15);1-3H,7H2,(H,8,9,10)(H,11,12,13). The average molecular weight is 806 g/mol. The predicted molar refractivity (Wildman–Crippen MR) is 201 cm³/mol. The van der Waals surface area contributed by atoms with Crippen LogP contribution in [0.25, 0.3) is 21.5 Å². The zero-order chi connectivity index (χ0) is 39.5. The Hall–Kier alpha value is -5.52. The minimum Gasteiger partial charge on any atom is -0.398 e. The Kier molecular flexibility index (Phi) is 11.6. The first-order chi connectivity index (χ1) is 24.5. The molecule has 0 amide bonds. The van der Waals surface area contributed by atoms with Gasteiger partial charge in [0.05, 0.1) is 15.5 Å². The summed E-state index contributed by atoms with van der Waals surface area (Å²) in [4.78, 5) is -1.53. The Morgan fingerprint density at radius 2 is 0.925 bits per heavy atom. The lowest BCUT2D eigenvalue weighted by Gasteiger charge is -2.13. The predicted octanol–water partition coefficient (Wildman–Crippen LogP) is 4.43. The molecular formula is C32H31N5O12S4. The van der Waals surface area contributed by atoms with Crippen LogP contribution in [-0.4, -0.2) is 51.9 Å². The van der Waals surface area contributed by atoms with Crippen molar-refractivity contribution in [3.63, 3.8) is 0 Å². The van der Waals surface area contributed by atoms with Crippen molar-refractivity contribution < 1.29 is 51.9 Å². The summed E-state index contributed by atoms with van der Waals surface area (Å²) < 4.78 is 123. The number of hydrogen-bond donors (Lipinski definition) is 9. The number of nitrogen functional groups attached to an aromatic ring is 4. The second-order valence-electron chi connectivity index (χ2n) is 10.9.